The summed E-state index contributed by atoms with van der Waals surface area (Å²) in [5.41, 5.74) is 0.767. The number of ether oxygens (including phenoxy) is 1. The van der Waals surface area contributed by atoms with Gasteiger partial charge < -0.3 is 20.5 Å². The van der Waals surface area contributed by atoms with Crippen LogP contribution in [0.25, 0.3) is 0 Å². The van der Waals surface area contributed by atoms with Gasteiger partial charge in [-0.2, -0.15) is 0 Å². The molecule has 2 amide bonds. The number of carboxylic acids is 1. The molecule has 6 nitrogen and oxygen atoms in total. The van der Waals surface area contributed by atoms with Crippen LogP contribution in [-0.2, 0) is 10.3 Å². The molecule has 0 bridgehead atoms. The number of urea groups is 1. The van der Waals surface area contributed by atoms with Crippen LogP contribution in [0.2, 0.25) is 0 Å². The highest BCUT2D eigenvalue weighted by atomic mass is 16.5. The molecule has 0 radical (unpaired) electrons. The number of rotatable bonds is 5. The molecule has 0 aromatic heterocycles. The van der Waals surface area contributed by atoms with E-state index in [0.29, 0.717) is 12.8 Å². The first kappa shape index (κ1) is 16.6. The van der Waals surface area contributed by atoms with E-state index >= 15 is 0 Å². The fourth-order valence-corrected chi connectivity index (χ4v) is 3.46. The summed E-state index contributed by atoms with van der Waals surface area (Å²) in [5.74, 6) is -0.210. The van der Waals surface area contributed by atoms with Crippen molar-refractivity contribution in [3.63, 3.8) is 0 Å². The molecule has 0 aliphatic heterocycles. The van der Waals surface area contributed by atoms with E-state index in [2.05, 4.69) is 10.6 Å². The van der Waals surface area contributed by atoms with E-state index < -0.39 is 5.97 Å². The van der Waals surface area contributed by atoms with Crippen molar-refractivity contribution in [2.45, 2.75) is 50.1 Å². The number of benzene rings is 1. The van der Waals surface area contributed by atoms with Gasteiger partial charge in [0.1, 0.15) is 5.75 Å². The number of hydrogen-bond donors (Lipinski definition) is 3. The maximum atomic E-state index is 12.3. The van der Waals surface area contributed by atoms with Crippen molar-refractivity contribution in [3.8, 4) is 5.75 Å². The third-order valence-electron chi connectivity index (χ3n) is 5.14. The highest BCUT2D eigenvalue weighted by Crippen LogP contribution is 2.46. The van der Waals surface area contributed by atoms with Crippen molar-refractivity contribution in [3.05, 3.63) is 29.8 Å². The van der Waals surface area contributed by atoms with Crippen LogP contribution in [0.4, 0.5) is 4.79 Å². The lowest BCUT2D eigenvalue weighted by Crippen LogP contribution is -2.47. The van der Waals surface area contributed by atoms with Crippen LogP contribution in [0, 0.1) is 5.92 Å². The highest BCUT2D eigenvalue weighted by molar-refractivity contribution is 5.76. The molecule has 0 atom stereocenters. The van der Waals surface area contributed by atoms with E-state index in [1.807, 2.05) is 24.3 Å². The van der Waals surface area contributed by atoms with Gasteiger partial charge in [-0.15, -0.1) is 0 Å². The van der Waals surface area contributed by atoms with Crippen LogP contribution >= 0.6 is 0 Å². The number of carbonyl (C=O) groups is 2. The minimum atomic E-state index is -0.729. The summed E-state index contributed by atoms with van der Waals surface area (Å²) < 4.78 is 5.26. The lowest BCUT2D eigenvalue weighted by molar-refractivity contribution is -0.142. The second kappa shape index (κ2) is 6.71. The molecular formula is C18H24N2O4. The number of aliphatic carboxylic acids is 1. The molecule has 3 rings (SSSR count). The molecule has 0 unspecified atom stereocenters. The van der Waals surface area contributed by atoms with Crippen LogP contribution in [0.3, 0.4) is 0 Å². The summed E-state index contributed by atoms with van der Waals surface area (Å²) in [5, 5.41) is 15.1. The molecule has 1 aromatic carbocycles. The molecule has 6 heteroatoms. The third-order valence-corrected chi connectivity index (χ3v) is 5.14. The zero-order valence-electron chi connectivity index (χ0n) is 13.9. The second-order valence-electron chi connectivity index (χ2n) is 6.80. The van der Waals surface area contributed by atoms with E-state index in [9.17, 15) is 9.59 Å². The van der Waals surface area contributed by atoms with Gasteiger partial charge in [0, 0.05) is 6.04 Å². The zero-order chi connectivity index (χ0) is 17.2. The monoisotopic (exact) mass is 332 g/mol. The summed E-state index contributed by atoms with van der Waals surface area (Å²) in [7, 11) is 1.63. The maximum Gasteiger partial charge on any atom is 0.315 e. The molecule has 130 valence electrons. The first-order chi connectivity index (χ1) is 11.5. The van der Waals surface area contributed by atoms with Crippen molar-refractivity contribution in [1.82, 2.24) is 10.6 Å². The molecule has 2 fully saturated rings. The first-order valence-electron chi connectivity index (χ1n) is 8.48. The zero-order valence-corrected chi connectivity index (χ0v) is 13.9. The van der Waals surface area contributed by atoms with Crippen LogP contribution in [0.15, 0.2) is 24.3 Å². The van der Waals surface area contributed by atoms with Crippen molar-refractivity contribution in [1.29, 1.82) is 0 Å². The molecular weight excluding hydrogens is 308 g/mol. The molecule has 0 heterocycles. The molecule has 2 aliphatic rings. The van der Waals surface area contributed by atoms with Gasteiger partial charge in [0.2, 0.25) is 0 Å². The molecule has 24 heavy (non-hydrogen) atoms. The van der Waals surface area contributed by atoms with Gasteiger partial charge in [-0.05, 0) is 56.2 Å². The Kier molecular flexibility index (Phi) is 4.64. The Morgan fingerprint density at radius 2 is 1.92 bits per heavy atom. The number of carbonyl (C=O) groups excluding carboxylic acids is 1. The lowest BCUT2D eigenvalue weighted by Gasteiger charge is -2.28. The Labute approximate surface area is 141 Å². The molecule has 2 aliphatic carbocycles. The Morgan fingerprint density at radius 1 is 1.21 bits per heavy atom. The van der Waals surface area contributed by atoms with Crippen molar-refractivity contribution < 1.29 is 19.4 Å². The highest BCUT2D eigenvalue weighted by Gasteiger charge is 2.46. The average molecular weight is 332 g/mol. The predicted molar refractivity (Wildman–Crippen MR) is 89.0 cm³/mol. The number of hydrogen-bond acceptors (Lipinski definition) is 3. The normalized spacial score (nSPS) is 24.7. The Bertz CT molecular complexity index is 619. The fourth-order valence-electron chi connectivity index (χ4n) is 3.46. The topological polar surface area (TPSA) is 87.7 Å². The van der Waals surface area contributed by atoms with Crippen molar-refractivity contribution in [2.75, 3.05) is 7.11 Å². The molecule has 0 spiro atoms. The van der Waals surface area contributed by atoms with Gasteiger partial charge in [0.25, 0.3) is 0 Å². The smallest absolute Gasteiger partial charge is 0.315 e. The number of methoxy groups -OCH3 is 1. The SMILES string of the molecule is COc1cccc(C2(NC(=O)NC3CCC(C(=O)O)CC3)CC2)c1. The largest absolute Gasteiger partial charge is 0.497 e. The third kappa shape index (κ3) is 3.63. The molecule has 1 aromatic rings. The van der Waals surface area contributed by atoms with Gasteiger partial charge in [-0.1, -0.05) is 12.1 Å². The summed E-state index contributed by atoms with van der Waals surface area (Å²) in [6.45, 7) is 0. The fraction of sp³-hybridized carbons (Fsp3) is 0.556. The Morgan fingerprint density at radius 3 is 2.50 bits per heavy atom. The van der Waals surface area contributed by atoms with Crippen LogP contribution < -0.4 is 15.4 Å². The lowest BCUT2D eigenvalue weighted by atomic mass is 9.86. The quantitative estimate of drug-likeness (QED) is 0.773. The Hall–Kier alpha value is -2.24. The average Bonchev–Trinajstić information content (AvgIpc) is 3.36. The van der Waals surface area contributed by atoms with Gasteiger partial charge in [-0.3, -0.25) is 4.79 Å². The van der Waals surface area contributed by atoms with E-state index in [4.69, 9.17) is 9.84 Å². The van der Waals surface area contributed by atoms with Crippen molar-refractivity contribution >= 4 is 12.0 Å². The van der Waals surface area contributed by atoms with Gasteiger partial charge in [0.15, 0.2) is 0 Å². The van der Waals surface area contributed by atoms with E-state index in [-0.39, 0.29) is 23.5 Å². The van der Waals surface area contributed by atoms with Gasteiger partial charge in [0.05, 0.1) is 18.6 Å². The van der Waals surface area contributed by atoms with Crippen molar-refractivity contribution in [2.24, 2.45) is 5.92 Å². The summed E-state index contributed by atoms with van der Waals surface area (Å²) >= 11 is 0. The standard InChI is InChI=1S/C18H24N2O4/c1-24-15-4-2-3-13(11-15)18(9-10-18)20-17(23)19-14-7-5-12(6-8-14)16(21)22/h2-4,11-12,14H,5-10H2,1H3,(H,21,22)(H2,19,20,23). The second-order valence-corrected chi connectivity index (χ2v) is 6.80. The first-order valence-corrected chi connectivity index (χ1v) is 8.48. The van der Waals surface area contributed by atoms with Crippen LogP contribution in [-0.4, -0.2) is 30.3 Å². The number of nitrogens with one attached hydrogen (secondary N) is 2. The summed E-state index contributed by atoms with van der Waals surface area (Å²) in [6.07, 6.45) is 4.52. The van der Waals surface area contributed by atoms with E-state index in [1.165, 1.54) is 0 Å². The molecule has 0 saturated heterocycles. The maximum absolute atomic E-state index is 12.3. The van der Waals surface area contributed by atoms with E-state index in [0.717, 1.165) is 37.0 Å². The number of amides is 2. The van der Waals surface area contributed by atoms with Crippen LogP contribution in [0.1, 0.15) is 44.1 Å². The van der Waals surface area contributed by atoms with Gasteiger partial charge in [-0.25, -0.2) is 4.79 Å². The molecule has 3 N–H and O–H groups in total. The predicted octanol–water partition coefficient (Wildman–Crippen LogP) is 2.63. The Balaban J connectivity index is 1.54. The van der Waals surface area contributed by atoms with Gasteiger partial charge >= 0.3 is 12.0 Å². The van der Waals surface area contributed by atoms with Crippen LogP contribution in [0.5, 0.6) is 5.75 Å². The molecule has 2 saturated carbocycles. The summed E-state index contributed by atoms with van der Waals surface area (Å²) in [6, 6.07) is 7.68. The minimum absolute atomic E-state index is 0.0571. The van der Waals surface area contributed by atoms with E-state index in [1.54, 1.807) is 7.11 Å². The summed E-state index contributed by atoms with van der Waals surface area (Å²) in [4.78, 5) is 23.3. The minimum Gasteiger partial charge on any atom is -0.497 e. The number of carboxylic acid groups (broad SMARTS) is 1.